The van der Waals surface area contributed by atoms with Gasteiger partial charge in [0.15, 0.2) is 0 Å². The maximum absolute atomic E-state index is 12.7. The number of imidazole rings is 1. The zero-order valence-corrected chi connectivity index (χ0v) is 16.3. The van der Waals surface area contributed by atoms with Crippen molar-refractivity contribution < 1.29 is 13.2 Å². The van der Waals surface area contributed by atoms with E-state index < -0.39 is 15.9 Å². The largest absolute Gasteiger partial charge is 0.338 e. The van der Waals surface area contributed by atoms with E-state index in [4.69, 9.17) is 0 Å². The lowest BCUT2D eigenvalue weighted by molar-refractivity contribution is -0.117. The summed E-state index contributed by atoms with van der Waals surface area (Å²) in [4.78, 5) is 16.9. The summed E-state index contributed by atoms with van der Waals surface area (Å²) in [6, 6.07) is 11.7. The van der Waals surface area contributed by atoms with E-state index in [1.807, 2.05) is 24.7 Å². The van der Waals surface area contributed by atoms with Crippen LogP contribution < -0.4 is 10.0 Å². The first-order valence-corrected chi connectivity index (χ1v) is 10.3. The summed E-state index contributed by atoms with van der Waals surface area (Å²) in [5.41, 5.74) is 2.86. The lowest BCUT2D eigenvalue weighted by Crippen LogP contribution is -2.16. The summed E-state index contributed by atoms with van der Waals surface area (Å²) in [5, 5.41) is 2.85. The molecule has 1 aliphatic rings. The van der Waals surface area contributed by atoms with E-state index >= 15 is 0 Å². The molecule has 2 aromatic carbocycles. The SMILES string of the molecule is Cc1ccc(S(=O)(=O)Nc2ccc3c(c2)C(Cc2nccn2C)C(=O)N3)cc1. The first-order chi connectivity index (χ1) is 13.3. The van der Waals surface area contributed by atoms with Gasteiger partial charge in [-0.15, -0.1) is 0 Å². The van der Waals surface area contributed by atoms with Gasteiger partial charge in [-0.2, -0.15) is 0 Å². The number of aryl methyl sites for hydroxylation is 2. The Hall–Kier alpha value is -3.13. The number of nitrogens with one attached hydrogen (secondary N) is 2. The lowest BCUT2D eigenvalue weighted by Gasteiger charge is -2.12. The molecule has 3 aromatic rings. The van der Waals surface area contributed by atoms with Gasteiger partial charge in [-0.1, -0.05) is 17.7 Å². The Kier molecular flexibility index (Phi) is 4.43. The molecule has 1 aromatic heterocycles. The average Bonchev–Trinajstić information content (AvgIpc) is 3.19. The monoisotopic (exact) mass is 396 g/mol. The highest BCUT2D eigenvalue weighted by Gasteiger charge is 2.32. The van der Waals surface area contributed by atoms with Crippen LogP contribution >= 0.6 is 0 Å². The zero-order valence-electron chi connectivity index (χ0n) is 15.5. The predicted molar refractivity (Wildman–Crippen MR) is 107 cm³/mol. The van der Waals surface area contributed by atoms with Crippen LogP contribution in [0.2, 0.25) is 0 Å². The third-order valence-corrected chi connectivity index (χ3v) is 6.29. The van der Waals surface area contributed by atoms with E-state index in [9.17, 15) is 13.2 Å². The Morgan fingerprint density at radius 1 is 1.18 bits per heavy atom. The summed E-state index contributed by atoms with van der Waals surface area (Å²) in [6.07, 6.45) is 3.96. The van der Waals surface area contributed by atoms with Gasteiger partial charge in [0.1, 0.15) is 5.82 Å². The summed E-state index contributed by atoms with van der Waals surface area (Å²) in [7, 11) is -1.83. The van der Waals surface area contributed by atoms with Crippen molar-refractivity contribution in [3.05, 3.63) is 71.8 Å². The molecule has 0 saturated carbocycles. The molecule has 2 heterocycles. The number of hydrogen-bond acceptors (Lipinski definition) is 4. The van der Waals surface area contributed by atoms with Crippen molar-refractivity contribution in [2.24, 2.45) is 7.05 Å². The number of rotatable bonds is 5. The molecule has 144 valence electrons. The Morgan fingerprint density at radius 3 is 2.61 bits per heavy atom. The maximum Gasteiger partial charge on any atom is 0.261 e. The van der Waals surface area contributed by atoms with Crippen molar-refractivity contribution in [3.8, 4) is 0 Å². The minimum absolute atomic E-state index is 0.114. The number of carbonyl (C=O) groups excluding carboxylic acids is 1. The quantitative estimate of drug-likeness (QED) is 0.694. The van der Waals surface area contributed by atoms with Gasteiger partial charge in [0.25, 0.3) is 10.0 Å². The minimum atomic E-state index is -3.71. The number of nitrogens with zero attached hydrogens (tertiary/aromatic N) is 2. The molecular weight excluding hydrogens is 376 g/mol. The van der Waals surface area contributed by atoms with E-state index in [2.05, 4.69) is 15.0 Å². The summed E-state index contributed by atoms with van der Waals surface area (Å²) < 4.78 is 29.8. The second kappa shape index (κ2) is 6.79. The number of hydrogen-bond donors (Lipinski definition) is 2. The summed E-state index contributed by atoms with van der Waals surface area (Å²) in [6.45, 7) is 1.90. The third-order valence-electron chi connectivity index (χ3n) is 4.89. The Labute approximate surface area is 163 Å². The van der Waals surface area contributed by atoms with E-state index in [0.29, 0.717) is 17.8 Å². The predicted octanol–water partition coefficient (Wildman–Crippen LogP) is 2.81. The van der Waals surface area contributed by atoms with Crippen molar-refractivity contribution >= 4 is 27.3 Å². The van der Waals surface area contributed by atoms with Gasteiger partial charge in [0, 0.05) is 37.2 Å². The van der Waals surface area contributed by atoms with Crippen molar-refractivity contribution in [3.63, 3.8) is 0 Å². The molecule has 0 radical (unpaired) electrons. The number of anilines is 2. The molecule has 1 aliphatic heterocycles. The topological polar surface area (TPSA) is 93.1 Å². The molecule has 1 amide bonds. The molecule has 8 heteroatoms. The molecule has 0 fully saturated rings. The van der Waals surface area contributed by atoms with Crippen LogP contribution in [0.5, 0.6) is 0 Å². The summed E-state index contributed by atoms with van der Waals surface area (Å²) in [5.74, 6) is 0.259. The van der Waals surface area contributed by atoms with Gasteiger partial charge in [-0.25, -0.2) is 13.4 Å². The highest BCUT2D eigenvalue weighted by Crippen LogP contribution is 2.36. The normalized spacial score (nSPS) is 15.9. The number of benzene rings is 2. The van der Waals surface area contributed by atoms with E-state index in [1.165, 1.54) is 0 Å². The van der Waals surface area contributed by atoms with Crippen molar-refractivity contribution in [1.82, 2.24) is 9.55 Å². The van der Waals surface area contributed by atoms with Crippen molar-refractivity contribution in [2.75, 3.05) is 10.0 Å². The number of sulfonamides is 1. The molecule has 2 N–H and O–H groups in total. The van der Waals surface area contributed by atoms with Gasteiger partial charge in [-0.3, -0.25) is 9.52 Å². The Bertz CT molecular complexity index is 1150. The third kappa shape index (κ3) is 3.38. The van der Waals surface area contributed by atoms with Gasteiger partial charge in [-0.05, 0) is 42.8 Å². The van der Waals surface area contributed by atoms with Gasteiger partial charge in [0.05, 0.1) is 10.8 Å². The molecule has 4 rings (SSSR count). The van der Waals surface area contributed by atoms with Crippen LogP contribution in [0.25, 0.3) is 0 Å². The second-order valence-corrected chi connectivity index (χ2v) is 8.60. The minimum Gasteiger partial charge on any atom is -0.338 e. The first kappa shape index (κ1) is 18.2. The maximum atomic E-state index is 12.7. The fourth-order valence-electron chi connectivity index (χ4n) is 3.30. The number of aromatic nitrogens is 2. The fraction of sp³-hybridized carbons (Fsp3) is 0.200. The van der Waals surface area contributed by atoms with Gasteiger partial charge < -0.3 is 9.88 Å². The molecular formula is C20H20N4O3S. The van der Waals surface area contributed by atoms with E-state index in [-0.39, 0.29) is 10.8 Å². The molecule has 28 heavy (non-hydrogen) atoms. The molecule has 0 aliphatic carbocycles. The van der Waals surface area contributed by atoms with Crippen LogP contribution in [0.4, 0.5) is 11.4 Å². The highest BCUT2D eigenvalue weighted by atomic mass is 32.2. The highest BCUT2D eigenvalue weighted by molar-refractivity contribution is 7.92. The van der Waals surface area contributed by atoms with Crippen LogP contribution in [0.3, 0.4) is 0 Å². The van der Waals surface area contributed by atoms with Crippen molar-refractivity contribution in [2.45, 2.75) is 24.2 Å². The lowest BCUT2D eigenvalue weighted by atomic mass is 9.96. The second-order valence-electron chi connectivity index (χ2n) is 6.92. The smallest absolute Gasteiger partial charge is 0.261 e. The molecule has 1 atom stereocenters. The van der Waals surface area contributed by atoms with Gasteiger partial charge in [0.2, 0.25) is 5.91 Å². The van der Waals surface area contributed by atoms with Gasteiger partial charge >= 0.3 is 0 Å². The number of fused-ring (bicyclic) bond motifs is 1. The Balaban J connectivity index is 1.62. The Morgan fingerprint density at radius 2 is 1.93 bits per heavy atom. The van der Waals surface area contributed by atoms with Crippen LogP contribution in [0, 0.1) is 6.92 Å². The summed E-state index contributed by atoms with van der Waals surface area (Å²) >= 11 is 0. The van der Waals surface area contributed by atoms with E-state index in [1.54, 1.807) is 48.7 Å². The zero-order chi connectivity index (χ0) is 19.9. The molecule has 0 bridgehead atoms. The molecule has 7 nitrogen and oxygen atoms in total. The number of amides is 1. The molecule has 0 spiro atoms. The number of carbonyl (C=O) groups is 1. The molecule has 1 unspecified atom stereocenters. The standard InChI is InChI=1S/C20H20N4O3S/c1-13-3-6-15(7-4-13)28(26,27)23-14-5-8-18-16(11-14)17(20(25)22-18)12-19-21-9-10-24(19)2/h3-11,17,23H,12H2,1-2H3,(H,22,25). The van der Waals surface area contributed by atoms with Crippen LogP contribution in [0.15, 0.2) is 59.8 Å². The fourth-order valence-corrected chi connectivity index (χ4v) is 4.35. The van der Waals surface area contributed by atoms with Crippen molar-refractivity contribution in [1.29, 1.82) is 0 Å². The van der Waals surface area contributed by atoms with Crippen LogP contribution in [-0.2, 0) is 28.3 Å². The first-order valence-electron chi connectivity index (χ1n) is 8.84. The molecule has 0 saturated heterocycles. The average molecular weight is 396 g/mol. The van der Waals surface area contributed by atoms with Crippen LogP contribution in [0.1, 0.15) is 22.9 Å². The van der Waals surface area contributed by atoms with Crippen LogP contribution in [-0.4, -0.2) is 23.9 Å². The van der Waals surface area contributed by atoms with E-state index in [0.717, 1.165) is 17.0 Å².